The van der Waals surface area contributed by atoms with Crippen LogP contribution in [0.15, 0.2) is 12.2 Å². The second-order valence-corrected chi connectivity index (χ2v) is 22.1. The minimum atomic E-state index is -0.887. The molecule has 6 saturated carbocycles. The van der Waals surface area contributed by atoms with E-state index < -0.39 is 11.4 Å². The van der Waals surface area contributed by atoms with Crippen molar-refractivity contribution in [2.45, 2.75) is 170 Å². The first kappa shape index (κ1) is 39.8. The van der Waals surface area contributed by atoms with Crippen molar-refractivity contribution in [2.75, 3.05) is 13.1 Å². The van der Waals surface area contributed by atoms with E-state index in [1.54, 1.807) is 0 Å². The fraction of sp³-hybridized carbons (Fsp3) is 0.870. The Morgan fingerprint density at radius 3 is 2.22 bits per heavy atom. The molecule has 11 atom stereocenters. The molecule has 6 aliphatic carbocycles. The Hall–Kier alpha value is -2.38. The lowest BCUT2D eigenvalue weighted by Gasteiger charge is -2.73. The predicted octanol–water partition coefficient (Wildman–Crippen LogP) is 8.96. The van der Waals surface area contributed by atoms with Crippen LogP contribution in [0.4, 0.5) is 0 Å². The lowest BCUT2D eigenvalue weighted by Crippen LogP contribution is -2.67. The van der Waals surface area contributed by atoms with Gasteiger partial charge >= 0.3 is 11.9 Å². The number of carboxylic acids is 1. The summed E-state index contributed by atoms with van der Waals surface area (Å²) in [6, 6.07) is 0.0894. The molecular formula is C46H72N2O6. The number of likely N-dealkylation sites (tertiary alicyclic amines) is 1. The third-order valence-electron chi connectivity index (χ3n) is 18.0. The highest BCUT2D eigenvalue weighted by molar-refractivity contribution is 5.82. The van der Waals surface area contributed by atoms with E-state index in [1.165, 1.54) is 31.3 Å². The van der Waals surface area contributed by atoms with Crippen molar-refractivity contribution in [1.29, 1.82) is 0 Å². The van der Waals surface area contributed by atoms with E-state index >= 15 is 0 Å². The van der Waals surface area contributed by atoms with E-state index in [4.69, 9.17) is 4.74 Å². The van der Waals surface area contributed by atoms with Gasteiger partial charge in [0.15, 0.2) is 0 Å². The van der Waals surface area contributed by atoms with Crippen molar-refractivity contribution >= 4 is 23.8 Å². The van der Waals surface area contributed by atoms with Gasteiger partial charge in [0.05, 0.1) is 12.8 Å². The van der Waals surface area contributed by atoms with Crippen LogP contribution in [0.2, 0.25) is 0 Å². The van der Waals surface area contributed by atoms with E-state index in [9.17, 15) is 24.3 Å². The molecule has 0 aromatic rings. The SMILES string of the molecule is C=C(C)[C@@H]1CC[C@]2(CC(=O)N3CC[C@@H](NC(=O)C4CC4)C3)CC[C@]3(C)[C@H](CC[C@@H]4[C@@]5(C)CC[C@H](OC(=O)CC(C)(C)CC(=O)O)C(C)(C)[C@@H]5CC[C@]43C)[C@@H]12. The van der Waals surface area contributed by atoms with Crippen LogP contribution in [0.5, 0.6) is 0 Å². The molecule has 0 aromatic carbocycles. The largest absolute Gasteiger partial charge is 0.481 e. The molecule has 7 rings (SSSR count). The summed E-state index contributed by atoms with van der Waals surface area (Å²) in [6.07, 6.45) is 14.6. The normalized spacial score (nSPS) is 42.5. The number of nitrogens with zero attached hydrogens (tertiary/aromatic N) is 1. The number of fused-ring (bicyclic) bond motifs is 7. The van der Waals surface area contributed by atoms with Crippen molar-refractivity contribution in [2.24, 2.45) is 68.0 Å². The van der Waals surface area contributed by atoms with E-state index in [1.807, 2.05) is 13.8 Å². The molecule has 54 heavy (non-hydrogen) atoms. The summed E-state index contributed by atoms with van der Waals surface area (Å²) in [4.78, 5) is 53.5. The summed E-state index contributed by atoms with van der Waals surface area (Å²) in [5, 5.41) is 12.6. The molecule has 7 aliphatic rings. The molecular weight excluding hydrogens is 677 g/mol. The number of ether oxygens (including phenoxy) is 1. The minimum absolute atomic E-state index is 0.0213. The van der Waals surface area contributed by atoms with Gasteiger partial charge in [-0.2, -0.15) is 0 Å². The van der Waals surface area contributed by atoms with Crippen LogP contribution in [0.1, 0.15) is 158 Å². The zero-order valence-electron chi connectivity index (χ0n) is 35.0. The zero-order chi connectivity index (χ0) is 39.2. The third kappa shape index (κ3) is 6.57. The van der Waals surface area contributed by atoms with Crippen LogP contribution in [-0.2, 0) is 23.9 Å². The lowest BCUT2D eigenvalue weighted by atomic mass is 9.32. The van der Waals surface area contributed by atoms with Gasteiger partial charge in [0, 0.05) is 36.9 Å². The van der Waals surface area contributed by atoms with Crippen molar-refractivity contribution < 1.29 is 29.0 Å². The van der Waals surface area contributed by atoms with Gasteiger partial charge in [0.2, 0.25) is 11.8 Å². The van der Waals surface area contributed by atoms with Crippen molar-refractivity contribution in [3.63, 3.8) is 0 Å². The molecule has 0 unspecified atom stereocenters. The van der Waals surface area contributed by atoms with Crippen molar-refractivity contribution in [3.8, 4) is 0 Å². The van der Waals surface area contributed by atoms with Crippen molar-refractivity contribution in [3.05, 3.63) is 12.2 Å². The Kier molecular flexibility index (Phi) is 10.1. The smallest absolute Gasteiger partial charge is 0.306 e. The van der Waals surface area contributed by atoms with E-state index in [0.717, 1.165) is 64.3 Å². The molecule has 7 fully saturated rings. The van der Waals surface area contributed by atoms with Crippen LogP contribution in [0, 0.1) is 68.0 Å². The van der Waals surface area contributed by atoms with Gasteiger partial charge in [-0.15, -0.1) is 0 Å². The van der Waals surface area contributed by atoms with Gasteiger partial charge in [-0.3, -0.25) is 19.2 Å². The number of nitrogens with one attached hydrogen (secondary N) is 1. The average molecular weight is 749 g/mol. The van der Waals surface area contributed by atoms with Gasteiger partial charge in [-0.25, -0.2) is 0 Å². The highest BCUT2D eigenvalue weighted by Crippen LogP contribution is 2.78. The fourth-order valence-corrected chi connectivity index (χ4v) is 15.0. The third-order valence-corrected chi connectivity index (χ3v) is 18.0. The Bertz CT molecular complexity index is 1550. The number of hydrogen-bond acceptors (Lipinski definition) is 5. The molecule has 0 spiro atoms. The molecule has 1 aliphatic heterocycles. The minimum Gasteiger partial charge on any atom is -0.481 e. The second-order valence-electron chi connectivity index (χ2n) is 22.1. The Labute approximate surface area is 325 Å². The standard InChI is InChI=1S/C46H72N2O6/c1-28(2)31-14-20-46(24-36(49)48-23-17-30(27-48)47-40(53)29-10-11-29)22-21-44(8)32(39(31)46)12-13-34-43(7)18-16-35(42(5,6)33(43)15-19-45(34,44)9)54-38(52)26-41(3,4)25-37(50)51/h29-35,39H,1,10-27H2,2-9H3,(H,47,53)(H,50,51)/t30-,31+,32-,33+,34-,35+,39-,43+,44-,45-,46-/m1/s1. The summed E-state index contributed by atoms with van der Waals surface area (Å²) >= 11 is 0. The van der Waals surface area contributed by atoms with E-state index in [0.29, 0.717) is 48.5 Å². The number of carboxylic acid groups (broad SMARTS) is 1. The molecule has 0 aromatic heterocycles. The number of hydrogen-bond donors (Lipinski definition) is 2. The fourth-order valence-electron chi connectivity index (χ4n) is 15.0. The van der Waals surface area contributed by atoms with Gasteiger partial charge in [0.25, 0.3) is 0 Å². The predicted molar refractivity (Wildman–Crippen MR) is 210 cm³/mol. The van der Waals surface area contributed by atoms with E-state index in [2.05, 4.69) is 58.3 Å². The number of aliphatic carboxylic acids is 1. The van der Waals surface area contributed by atoms with Crippen molar-refractivity contribution in [1.82, 2.24) is 10.2 Å². The summed E-state index contributed by atoms with van der Waals surface area (Å²) in [7, 11) is 0. The van der Waals surface area contributed by atoms with Gasteiger partial charge in [0.1, 0.15) is 6.10 Å². The zero-order valence-corrected chi connectivity index (χ0v) is 35.0. The number of carbonyl (C=O) groups is 4. The van der Waals surface area contributed by atoms with Crippen LogP contribution in [0.3, 0.4) is 0 Å². The van der Waals surface area contributed by atoms with Crippen LogP contribution >= 0.6 is 0 Å². The quantitative estimate of drug-likeness (QED) is 0.170. The Balaban J connectivity index is 1.08. The molecule has 0 radical (unpaired) electrons. The maximum Gasteiger partial charge on any atom is 0.306 e. The van der Waals surface area contributed by atoms with Gasteiger partial charge in [-0.1, -0.05) is 60.6 Å². The highest BCUT2D eigenvalue weighted by Gasteiger charge is 2.71. The average Bonchev–Trinajstić information content (AvgIpc) is 3.69. The topological polar surface area (TPSA) is 113 Å². The second kappa shape index (κ2) is 13.6. The Morgan fingerprint density at radius 1 is 0.833 bits per heavy atom. The van der Waals surface area contributed by atoms with E-state index in [-0.39, 0.29) is 69.9 Å². The van der Waals surface area contributed by atoms with Crippen LogP contribution in [0.25, 0.3) is 0 Å². The Morgan fingerprint density at radius 2 is 1.56 bits per heavy atom. The summed E-state index contributed by atoms with van der Waals surface area (Å²) < 4.78 is 6.29. The molecule has 2 amide bonds. The van der Waals surface area contributed by atoms with Crippen LogP contribution < -0.4 is 5.32 Å². The summed E-state index contributed by atoms with van der Waals surface area (Å²) in [5.74, 6) is 2.05. The summed E-state index contributed by atoms with van der Waals surface area (Å²) in [5.41, 5.74) is 1.00. The maximum atomic E-state index is 14.2. The first-order valence-corrected chi connectivity index (χ1v) is 21.8. The first-order chi connectivity index (χ1) is 25.2. The highest BCUT2D eigenvalue weighted by atomic mass is 16.5. The number of rotatable bonds is 10. The molecule has 0 bridgehead atoms. The number of carbonyl (C=O) groups excluding carboxylic acids is 3. The van der Waals surface area contributed by atoms with Gasteiger partial charge < -0.3 is 20.1 Å². The molecule has 1 heterocycles. The molecule has 1 saturated heterocycles. The van der Waals surface area contributed by atoms with Crippen LogP contribution in [-0.4, -0.2) is 59.0 Å². The molecule has 2 N–H and O–H groups in total. The maximum absolute atomic E-state index is 14.2. The van der Waals surface area contributed by atoms with Gasteiger partial charge in [-0.05, 0) is 147 Å². The first-order valence-electron chi connectivity index (χ1n) is 21.8. The molecule has 302 valence electrons. The summed E-state index contributed by atoms with van der Waals surface area (Å²) in [6.45, 7) is 24.4. The molecule has 8 heteroatoms. The number of esters is 1. The number of allylic oxidation sites excluding steroid dienone is 1. The lowest BCUT2D eigenvalue weighted by molar-refractivity contribution is -0.250. The number of amides is 2. The molecule has 8 nitrogen and oxygen atoms in total. The monoisotopic (exact) mass is 749 g/mol.